The summed E-state index contributed by atoms with van der Waals surface area (Å²) in [7, 11) is 0. The third-order valence-electron chi connectivity index (χ3n) is 6.76. The quantitative estimate of drug-likeness (QED) is 0.730. The molecule has 1 N–H and O–H groups in total. The van der Waals surface area contributed by atoms with Gasteiger partial charge in [0.15, 0.2) is 0 Å². The maximum atomic E-state index is 13.8. The van der Waals surface area contributed by atoms with Crippen molar-refractivity contribution in [2.45, 2.75) is 31.0 Å². The van der Waals surface area contributed by atoms with Gasteiger partial charge in [0.1, 0.15) is 5.82 Å². The van der Waals surface area contributed by atoms with Crippen LogP contribution in [0.3, 0.4) is 0 Å². The Morgan fingerprint density at radius 2 is 1.88 bits per heavy atom. The molecule has 0 radical (unpaired) electrons. The molecule has 3 saturated heterocycles. The maximum absolute atomic E-state index is 13.8. The Bertz CT molecular complexity index is 988. The van der Waals surface area contributed by atoms with Gasteiger partial charge in [0.05, 0.1) is 11.7 Å². The Hall–Kier alpha value is -2.24. The second-order valence-electron chi connectivity index (χ2n) is 7.83. The molecule has 2 aromatic heterocycles. The zero-order chi connectivity index (χ0) is 17.3. The van der Waals surface area contributed by atoms with Crippen molar-refractivity contribution in [2.24, 2.45) is 0 Å². The largest absolute Gasteiger partial charge is 0.357 e. The van der Waals surface area contributed by atoms with Crippen LogP contribution >= 0.6 is 0 Å². The van der Waals surface area contributed by atoms with Crippen LogP contribution in [-0.4, -0.2) is 39.4 Å². The number of pyridine rings is 1. The van der Waals surface area contributed by atoms with E-state index in [1.807, 2.05) is 18.5 Å². The van der Waals surface area contributed by atoms with Gasteiger partial charge in [-0.25, -0.2) is 4.39 Å². The molecule has 1 spiro atoms. The highest BCUT2D eigenvalue weighted by atomic mass is 19.1. The molecule has 4 aliphatic heterocycles. The van der Waals surface area contributed by atoms with Crippen molar-refractivity contribution in [2.75, 3.05) is 19.6 Å². The number of nitrogens with zero attached hydrogens (tertiary/aromatic N) is 3. The molecule has 0 aliphatic carbocycles. The summed E-state index contributed by atoms with van der Waals surface area (Å²) < 4.78 is 13.8. The van der Waals surface area contributed by atoms with Crippen molar-refractivity contribution in [1.29, 1.82) is 0 Å². The van der Waals surface area contributed by atoms with E-state index in [-0.39, 0.29) is 11.4 Å². The van der Waals surface area contributed by atoms with Crippen LogP contribution in [0.1, 0.15) is 35.8 Å². The lowest BCUT2D eigenvalue weighted by atomic mass is 9.73. The first-order chi connectivity index (χ1) is 12.8. The van der Waals surface area contributed by atoms with E-state index in [9.17, 15) is 4.39 Å². The smallest absolute Gasteiger partial charge is 0.123 e. The molecule has 4 nitrogen and oxygen atoms in total. The lowest BCUT2D eigenvalue weighted by molar-refractivity contribution is -0.149. The Balaban J connectivity index is 1.54. The molecule has 2 bridgehead atoms. The van der Waals surface area contributed by atoms with Gasteiger partial charge in [0, 0.05) is 48.6 Å². The minimum Gasteiger partial charge on any atom is -0.357 e. The number of hydrogen-bond donors (Lipinski definition) is 1. The minimum absolute atomic E-state index is 0.0474. The van der Waals surface area contributed by atoms with Gasteiger partial charge in [-0.15, -0.1) is 0 Å². The van der Waals surface area contributed by atoms with Gasteiger partial charge in [-0.05, 0) is 60.7 Å². The van der Waals surface area contributed by atoms with E-state index in [2.05, 4.69) is 31.9 Å². The highest BCUT2D eigenvalue weighted by Crippen LogP contribution is 2.53. The van der Waals surface area contributed by atoms with Crippen LogP contribution in [0.5, 0.6) is 0 Å². The molecule has 1 atom stereocenters. The van der Waals surface area contributed by atoms with Crippen LogP contribution in [-0.2, 0) is 12.0 Å². The van der Waals surface area contributed by atoms with E-state index >= 15 is 0 Å². The van der Waals surface area contributed by atoms with Crippen molar-refractivity contribution in [3.8, 4) is 0 Å². The molecule has 26 heavy (non-hydrogen) atoms. The zero-order valence-corrected chi connectivity index (χ0v) is 14.6. The van der Waals surface area contributed by atoms with Crippen molar-refractivity contribution < 1.29 is 4.39 Å². The molecule has 7 rings (SSSR count). The Morgan fingerprint density at radius 3 is 2.69 bits per heavy atom. The van der Waals surface area contributed by atoms with E-state index in [0.29, 0.717) is 6.17 Å². The molecule has 1 aromatic carbocycles. The predicted octanol–water partition coefficient (Wildman–Crippen LogP) is 3.56. The number of hydrogen-bond acceptors (Lipinski definition) is 3. The van der Waals surface area contributed by atoms with Crippen LogP contribution in [0.4, 0.5) is 4.39 Å². The van der Waals surface area contributed by atoms with E-state index in [4.69, 9.17) is 0 Å². The number of H-pyrrole nitrogens is 1. The second kappa shape index (κ2) is 5.15. The number of aromatic nitrogens is 2. The Labute approximate surface area is 151 Å². The van der Waals surface area contributed by atoms with Crippen LogP contribution in [0.25, 0.3) is 10.9 Å². The Kier molecular flexibility index (Phi) is 2.95. The van der Waals surface area contributed by atoms with Gasteiger partial charge >= 0.3 is 0 Å². The molecular weight excluding hydrogens is 327 g/mol. The first-order valence-electron chi connectivity index (χ1n) is 9.48. The number of rotatable bonds is 1. The number of aromatic amines is 1. The Morgan fingerprint density at radius 1 is 1.08 bits per heavy atom. The second-order valence-corrected chi connectivity index (χ2v) is 7.83. The number of halogens is 1. The lowest BCUT2D eigenvalue weighted by Gasteiger charge is -2.62. The van der Waals surface area contributed by atoms with Gasteiger partial charge < -0.3 is 4.98 Å². The molecular formula is C21H21FN4. The summed E-state index contributed by atoms with van der Waals surface area (Å²) in [4.78, 5) is 13.2. The van der Waals surface area contributed by atoms with Crippen LogP contribution in [0, 0.1) is 5.82 Å². The third-order valence-corrected chi connectivity index (χ3v) is 6.76. The molecule has 3 fully saturated rings. The summed E-state index contributed by atoms with van der Waals surface area (Å²) in [5.41, 5.74) is 5.11. The summed E-state index contributed by atoms with van der Waals surface area (Å²) in [5, 5.41) is 1.07. The summed E-state index contributed by atoms with van der Waals surface area (Å²) in [6, 6.07) is 9.45. The van der Waals surface area contributed by atoms with Crippen LogP contribution in [0.2, 0.25) is 0 Å². The highest BCUT2D eigenvalue weighted by Gasteiger charge is 2.55. The summed E-state index contributed by atoms with van der Waals surface area (Å²) >= 11 is 0. The van der Waals surface area contributed by atoms with Gasteiger partial charge in [0.25, 0.3) is 0 Å². The van der Waals surface area contributed by atoms with E-state index in [1.165, 1.54) is 16.8 Å². The molecule has 6 heterocycles. The van der Waals surface area contributed by atoms with Crippen molar-refractivity contribution in [3.05, 3.63) is 65.4 Å². The molecule has 4 aliphatic rings. The topological polar surface area (TPSA) is 35.2 Å². The SMILES string of the molecule is Fc1ccc2[nH]c3c(c2c1)CCN1[C@@H](c2ccncc2)N2CCC31CC2. The fourth-order valence-corrected chi connectivity index (χ4v) is 5.62. The van der Waals surface area contributed by atoms with E-state index in [0.717, 1.165) is 49.8 Å². The van der Waals surface area contributed by atoms with Gasteiger partial charge in [-0.2, -0.15) is 0 Å². The summed E-state index contributed by atoms with van der Waals surface area (Å²) in [6.07, 6.45) is 7.35. The van der Waals surface area contributed by atoms with Crippen LogP contribution < -0.4 is 0 Å². The van der Waals surface area contributed by atoms with Crippen molar-refractivity contribution >= 4 is 10.9 Å². The lowest BCUT2D eigenvalue weighted by Crippen LogP contribution is -2.66. The average Bonchev–Trinajstić information content (AvgIpc) is 3.07. The molecule has 0 unspecified atom stereocenters. The van der Waals surface area contributed by atoms with Gasteiger partial charge in [-0.3, -0.25) is 14.8 Å². The molecule has 5 heteroatoms. The fourth-order valence-electron chi connectivity index (χ4n) is 5.62. The normalized spacial score (nSPS) is 30.3. The maximum Gasteiger partial charge on any atom is 0.123 e. The summed E-state index contributed by atoms with van der Waals surface area (Å²) in [6.45, 7) is 3.22. The molecule has 3 aromatic rings. The number of benzene rings is 1. The first kappa shape index (κ1) is 14.9. The third kappa shape index (κ3) is 1.82. The number of fused-ring (bicyclic) bond motifs is 5. The average molecular weight is 348 g/mol. The van der Waals surface area contributed by atoms with Crippen molar-refractivity contribution in [1.82, 2.24) is 19.8 Å². The molecule has 132 valence electrons. The van der Waals surface area contributed by atoms with E-state index in [1.54, 1.807) is 12.1 Å². The predicted molar refractivity (Wildman–Crippen MR) is 98.1 cm³/mol. The number of nitrogens with one attached hydrogen (secondary N) is 1. The van der Waals surface area contributed by atoms with Gasteiger partial charge in [0.2, 0.25) is 0 Å². The standard InChI is InChI=1S/C21H21FN4/c22-15-1-2-18-17(13-15)16-5-10-26-20(14-3-8-23-9-4-14)25-11-6-21(26,7-12-25)19(16)24-18/h1-4,8-9,13,20,24H,5-7,10-12H2/t20-/m0/s1. The monoisotopic (exact) mass is 348 g/mol. The van der Waals surface area contributed by atoms with Crippen molar-refractivity contribution in [3.63, 3.8) is 0 Å². The number of piperidine rings is 1. The first-order valence-corrected chi connectivity index (χ1v) is 9.48. The van der Waals surface area contributed by atoms with Gasteiger partial charge in [-0.1, -0.05) is 0 Å². The molecule has 0 amide bonds. The fraction of sp³-hybridized carbons (Fsp3) is 0.381. The van der Waals surface area contributed by atoms with Crippen LogP contribution in [0.15, 0.2) is 42.7 Å². The van der Waals surface area contributed by atoms with E-state index < -0.39 is 0 Å². The minimum atomic E-state index is -0.146. The molecule has 0 saturated carbocycles. The zero-order valence-electron chi connectivity index (χ0n) is 14.6. The summed E-state index contributed by atoms with van der Waals surface area (Å²) in [5.74, 6) is -0.146. The highest BCUT2D eigenvalue weighted by molar-refractivity contribution is 5.85.